The first-order chi connectivity index (χ1) is 8.66. The van der Waals surface area contributed by atoms with Crippen LogP contribution < -0.4 is 5.32 Å². The zero-order valence-corrected chi connectivity index (χ0v) is 9.89. The maximum absolute atomic E-state index is 13.1. The second-order valence-corrected chi connectivity index (χ2v) is 4.30. The first-order valence-electron chi connectivity index (χ1n) is 5.92. The predicted octanol–water partition coefficient (Wildman–Crippen LogP) is 2.00. The van der Waals surface area contributed by atoms with Crippen molar-refractivity contribution in [3.8, 4) is 0 Å². The van der Waals surface area contributed by atoms with E-state index in [0.29, 0.717) is 12.1 Å². The summed E-state index contributed by atoms with van der Waals surface area (Å²) in [6.45, 7) is 1.67. The average molecular weight is 254 g/mol. The zero-order valence-electron chi connectivity index (χ0n) is 9.89. The Hall–Kier alpha value is -1.53. The van der Waals surface area contributed by atoms with Gasteiger partial charge in [-0.2, -0.15) is 0 Å². The molecule has 5 nitrogen and oxygen atoms in total. The minimum atomic E-state index is -0.497. The molecule has 1 saturated heterocycles. The number of ether oxygens (including phenoxy) is 1. The molecule has 1 atom stereocenters. The lowest BCUT2D eigenvalue weighted by Crippen LogP contribution is -2.26. The topological polar surface area (TPSA) is 64.4 Å². The predicted molar refractivity (Wildman–Crippen MR) is 63.7 cm³/mol. The van der Waals surface area contributed by atoms with Gasteiger partial charge in [0.15, 0.2) is 0 Å². The minimum Gasteiger partial charge on any atom is -0.377 e. The quantitative estimate of drug-likeness (QED) is 0.644. The number of benzene rings is 1. The fraction of sp³-hybridized carbons (Fsp3) is 0.500. The van der Waals surface area contributed by atoms with E-state index in [4.69, 9.17) is 4.74 Å². The molecule has 1 aromatic carbocycles. The van der Waals surface area contributed by atoms with Crippen molar-refractivity contribution in [2.75, 3.05) is 13.2 Å². The fourth-order valence-electron chi connectivity index (χ4n) is 2.05. The molecule has 0 spiro atoms. The molecule has 1 unspecified atom stereocenters. The van der Waals surface area contributed by atoms with Crippen molar-refractivity contribution < 1.29 is 14.1 Å². The molecular formula is C12H15FN2O3. The summed E-state index contributed by atoms with van der Waals surface area (Å²) < 4.78 is 18.5. The Morgan fingerprint density at radius 2 is 2.39 bits per heavy atom. The number of rotatable bonds is 5. The third-order valence-electron chi connectivity index (χ3n) is 2.95. The van der Waals surface area contributed by atoms with E-state index in [2.05, 4.69) is 5.32 Å². The van der Waals surface area contributed by atoms with Crippen molar-refractivity contribution in [1.82, 2.24) is 5.32 Å². The van der Waals surface area contributed by atoms with Crippen LogP contribution in [0.2, 0.25) is 0 Å². The number of nitro groups is 1. The van der Waals surface area contributed by atoms with E-state index >= 15 is 0 Å². The number of hydrogen-bond donors (Lipinski definition) is 1. The largest absolute Gasteiger partial charge is 0.377 e. The van der Waals surface area contributed by atoms with Gasteiger partial charge in [-0.25, -0.2) is 4.39 Å². The lowest BCUT2D eigenvalue weighted by molar-refractivity contribution is -0.385. The molecule has 1 fully saturated rings. The molecule has 1 aliphatic rings. The molecule has 18 heavy (non-hydrogen) atoms. The van der Waals surface area contributed by atoms with Gasteiger partial charge < -0.3 is 10.1 Å². The van der Waals surface area contributed by atoms with Gasteiger partial charge in [0.25, 0.3) is 5.69 Å². The molecule has 1 aromatic rings. The van der Waals surface area contributed by atoms with Crippen LogP contribution in [0.4, 0.5) is 10.1 Å². The lowest BCUT2D eigenvalue weighted by Gasteiger charge is -2.10. The maximum atomic E-state index is 13.1. The van der Waals surface area contributed by atoms with Gasteiger partial charge >= 0.3 is 0 Å². The number of hydrogen-bond acceptors (Lipinski definition) is 4. The van der Waals surface area contributed by atoms with Gasteiger partial charge in [0.2, 0.25) is 0 Å². The summed E-state index contributed by atoms with van der Waals surface area (Å²) in [5, 5.41) is 13.9. The summed E-state index contributed by atoms with van der Waals surface area (Å²) in [6.07, 6.45) is 2.21. The fourth-order valence-corrected chi connectivity index (χ4v) is 2.05. The Balaban J connectivity index is 1.94. The molecule has 0 aromatic heterocycles. The van der Waals surface area contributed by atoms with Crippen LogP contribution in [-0.4, -0.2) is 24.2 Å². The van der Waals surface area contributed by atoms with Crippen molar-refractivity contribution in [2.24, 2.45) is 0 Å². The van der Waals surface area contributed by atoms with Gasteiger partial charge in [-0.1, -0.05) is 0 Å². The number of nitrogens with one attached hydrogen (secondary N) is 1. The summed E-state index contributed by atoms with van der Waals surface area (Å²) in [4.78, 5) is 10.3. The van der Waals surface area contributed by atoms with E-state index in [1.54, 1.807) is 0 Å². The van der Waals surface area contributed by atoms with Gasteiger partial charge in [-0.15, -0.1) is 0 Å². The monoisotopic (exact) mass is 254 g/mol. The van der Waals surface area contributed by atoms with Crippen molar-refractivity contribution >= 4 is 5.69 Å². The van der Waals surface area contributed by atoms with Gasteiger partial charge in [0.1, 0.15) is 5.82 Å². The van der Waals surface area contributed by atoms with Crippen LogP contribution >= 0.6 is 0 Å². The molecule has 0 aliphatic carbocycles. The molecular weight excluding hydrogens is 239 g/mol. The van der Waals surface area contributed by atoms with E-state index in [1.807, 2.05) is 0 Å². The Bertz CT molecular complexity index is 433. The van der Waals surface area contributed by atoms with E-state index in [0.717, 1.165) is 25.5 Å². The third kappa shape index (κ3) is 3.24. The highest BCUT2D eigenvalue weighted by atomic mass is 19.1. The average Bonchev–Trinajstić information content (AvgIpc) is 2.82. The molecule has 2 rings (SSSR count). The Kier molecular flexibility index (Phi) is 4.22. The van der Waals surface area contributed by atoms with Gasteiger partial charge in [0.05, 0.1) is 11.0 Å². The first kappa shape index (κ1) is 12.9. The summed E-state index contributed by atoms with van der Waals surface area (Å²) in [7, 11) is 0. The second-order valence-electron chi connectivity index (χ2n) is 4.30. The van der Waals surface area contributed by atoms with E-state index < -0.39 is 10.7 Å². The van der Waals surface area contributed by atoms with Crippen LogP contribution in [0.3, 0.4) is 0 Å². The lowest BCUT2D eigenvalue weighted by atomic mass is 10.1. The van der Waals surface area contributed by atoms with Crippen LogP contribution in [0.25, 0.3) is 0 Å². The zero-order chi connectivity index (χ0) is 13.0. The van der Waals surface area contributed by atoms with Crippen LogP contribution in [0.1, 0.15) is 18.4 Å². The number of halogens is 1. The third-order valence-corrected chi connectivity index (χ3v) is 2.95. The highest BCUT2D eigenvalue weighted by molar-refractivity contribution is 5.40. The molecule has 0 saturated carbocycles. The molecule has 6 heteroatoms. The maximum Gasteiger partial charge on any atom is 0.274 e. The van der Waals surface area contributed by atoms with Crippen LogP contribution in [0, 0.1) is 15.9 Å². The Labute approximate surface area is 104 Å². The summed E-state index contributed by atoms with van der Waals surface area (Å²) in [5.41, 5.74) is 0.300. The molecule has 0 radical (unpaired) electrons. The summed E-state index contributed by atoms with van der Waals surface area (Å²) >= 11 is 0. The van der Waals surface area contributed by atoms with Gasteiger partial charge in [0, 0.05) is 31.3 Å². The van der Waals surface area contributed by atoms with E-state index in [-0.39, 0.29) is 18.3 Å². The van der Waals surface area contributed by atoms with Gasteiger partial charge in [-0.05, 0) is 25.0 Å². The molecule has 0 amide bonds. The van der Waals surface area contributed by atoms with Crippen LogP contribution in [0.5, 0.6) is 0 Å². The van der Waals surface area contributed by atoms with Crippen LogP contribution in [0.15, 0.2) is 18.2 Å². The Morgan fingerprint density at radius 3 is 3.06 bits per heavy atom. The normalized spacial score (nSPS) is 19.1. The molecule has 1 N–H and O–H groups in total. The highest BCUT2D eigenvalue weighted by Gasteiger charge is 2.17. The highest BCUT2D eigenvalue weighted by Crippen LogP contribution is 2.19. The standard InChI is InChI=1S/C12H15FN2O3/c13-10-3-4-12(15(16)17)9(6-10)7-14-8-11-2-1-5-18-11/h3-4,6,11,14H,1-2,5,7-8H2. The van der Waals surface area contributed by atoms with E-state index in [9.17, 15) is 14.5 Å². The number of nitrogens with zero attached hydrogens (tertiary/aromatic N) is 1. The van der Waals surface area contributed by atoms with Crippen LogP contribution in [-0.2, 0) is 11.3 Å². The minimum absolute atomic E-state index is 0.0590. The molecule has 1 aliphatic heterocycles. The number of nitro benzene ring substituents is 1. The van der Waals surface area contributed by atoms with Crippen molar-refractivity contribution in [2.45, 2.75) is 25.5 Å². The smallest absolute Gasteiger partial charge is 0.274 e. The molecule has 98 valence electrons. The van der Waals surface area contributed by atoms with E-state index in [1.165, 1.54) is 12.1 Å². The second kappa shape index (κ2) is 5.88. The molecule has 1 heterocycles. The summed E-state index contributed by atoms with van der Waals surface area (Å²) in [5.74, 6) is -0.463. The van der Waals surface area contributed by atoms with Crippen molar-refractivity contribution in [3.63, 3.8) is 0 Å². The van der Waals surface area contributed by atoms with Crippen molar-refractivity contribution in [3.05, 3.63) is 39.7 Å². The van der Waals surface area contributed by atoms with Crippen molar-refractivity contribution in [1.29, 1.82) is 0 Å². The Morgan fingerprint density at radius 1 is 1.56 bits per heavy atom. The molecule has 0 bridgehead atoms. The first-order valence-corrected chi connectivity index (χ1v) is 5.92. The SMILES string of the molecule is O=[N+]([O-])c1ccc(F)cc1CNCC1CCCO1. The van der Waals surface area contributed by atoms with Gasteiger partial charge in [-0.3, -0.25) is 10.1 Å². The summed E-state index contributed by atoms with van der Waals surface area (Å²) in [6, 6.07) is 3.49.